The SMILES string of the molecule is CC(C)C(NC(=O)c1ccc(CSc2ncn[nH]2)cc1)c1nc(-c2ccncc2)no1. The molecule has 31 heavy (non-hydrogen) atoms. The van der Waals surface area contributed by atoms with E-state index in [0.29, 0.717) is 17.3 Å². The van der Waals surface area contributed by atoms with Gasteiger partial charge in [0, 0.05) is 29.3 Å². The van der Waals surface area contributed by atoms with Gasteiger partial charge in [0.1, 0.15) is 12.4 Å². The molecule has 0 spiro atoms. The van der Waals surface area contributed by atoms with Crippen molar-refractivity contribution >= 4 is 17.7 Å². The first-order valence-corrected chi connectivity index (χ1v) is 10.7. The number of amides is 1. The quantitative estimate of drug-likeness (QED) is 0.402. The lowest BCUT2D eigenvalue weighted by Crippen LogP contribution is -2.32. The number of H-pyrrole nitrogens is 1. The summed E-state index contributed by atoms with van der Waals surface area (Å²) in [7, 11) is 0. The number of aromatic nitrogens is 6. The number of hydrogen-bond donors (Lipinski definition) is 2. The monoisotopic (exact) mass is 435 g/mol. The Morgan fingerprint density at radius 2 is 1.94 bits per heavy atom. The molecule has 0 fully saturated rings. The molecule has 1 aromatic carbocycles. The van der Waals surface area contributed by atoms with Gasteiger partial charge >= 0.3 is 0 Å². The van der Waals surface area contributed by atoms with Gasteiger partial charge < -0.3 is 9.84 Å². The van der Waals surface area contributed by atoms with Gasteiger partial charge in [-0.15, -0.1) is 0 Å². The summed E-state index contributed by atoms with van der Waals surface area (Å²) < 4.78 is 5.45. The van der Waals surface area contributed by atoms with E-state index >= 15 is 0 Å². The van der Waals surface area contributed by atoms with E-state index in [1.165, 1.54) is 6.33 Å². The normalized spacial score (nSPS) is 12.1. The molecule has 2 N–H and O–H groups in total. The molecule has 4 rings (SSSR count). The first kappa shape index (κ1) is 20.7. The summed E-state index contributed by atoms with van der Waals surface area (Å²) in [5.74, 6) is 1.43. The van der Waals surface area contributed by atoms with Crippen LogP contribution in [-0.2, 0) is 5.75 Å². The molecule has 0 saturated heterocycles. The predicted octanol–water partition coefficient (Wildman–Crippen LogP) is 3.67. The van der Waals surface area contributed by atoms with Gasteiger partial charge in [-0.1, -0.05) is 42.9 Å². The van der Waals surface area contributed by atoms with Crippen LogP contribution >= 0.6 is 11.8 Å². The highest BCUT2D eigenvalue weighted by Gasteiger charge is 2.25. The number of aromatic amines is 1. The van der Waals surface area contributed by atoms with E-state index in [4.69, 9.17) is 4.52 Å². The van der Waals surface area contributed by atoms with Crippen LogP contribution in [0.15, 0.2) is 64.8 Å². The number of nitrogens with zero attached hydrogens (tertiary/aromatic N) is 5. The van der Waals surface area contributed by atoms with Crippen molar-refractivity contribution < 1.29 is 9.32 Å². The maximum atomic E-state index is 12.8. The minimum absolute atomic E-state index is 0.0623. The maximum absolute atomic E-state index is 12.8. The van der Waals surface area contributed by atoms with Crippen LogP contribution in [0, 0.1) is 5.92 Å². The number of thioether (sulfide) groups is 1. The van der Waals surface area contributed by atoms with Crippen LogP contribution in [0.4, 0.5) is 0 Å². The lowest BCUT2D eigenvalue weighted by molar-refractivity contribution is 0.0914. The fraction of sp³-hybridized carbons (Fsp3) is 0.238. The Kier molecular flexibility index (Phi) is 6.37. The zero-order valence-electron chi connectivity index (χ0n) is 17.0. The molecule has 3 heterocycles. The molecule has 1 amide bonds. The Morgan fingerprint density at radius 3 is 2.61 bits per heavy atom. The van der Waals surface area contributed by atoms with Gasteiger partial charge in [0.05, 0.1) is 0 Å². The third-order valence-corrected chi connectivity index (χ3v) is 5.53. The predicted molar refractivity (Wildman–Crippen MR) is 115 cm³/mol. The summed E-state index contributed by atoms with van der Waals surface area (Å²) in [6.07, 6.45) is 4.81. The molecule has 0 aliphatic carbocycles. The molecule has 0 aliphatic rings. The van der Waals surface area contributed by atoms with Crippen LogP contribution in [-0.4, -0.2) is 36.2 Å². The zero-order chi connectivity index (χ0) is 21.6. The lowest BCUT2D eigenvalue weighted by atomic mass is 10.0. The first-order chi connectivity index (χ1) is 15.1. The molecule has 158 valence electrons. The average molecular weight is 436 g/mol. The number of pyridine rings is 1. The number of carbonyl (C=O) groups is 1. The summed E-state index contributed by atoms with van der Waals surface area (Å²) >= 11 is 1.55. The minimum Gasteiger partial charge on any atom is -0.340 e. The molecule has 10 heteroatoms. The van der Waals surface area contributed by atoms with E-state index in [-0.39, 0.29) is 11.8 Å². The topological polar surface area (TPSA) is 122 Å². The molecule has 3 aromatic heterocycles. The molecule has 1 unspecified atom stereocenters. The van der Waals surface area contributed by atoms with Gasteiger partial charge in [-0.3, -0.25) is 14.9 Å². The Morgan fingerprint density at radius 1 is 1.16 bits per heavy atom. The fourth-order valence-electron chi connectivity index (χ4n) is 2.89. The standard InChI is InChI=1S/C21H21N7O2S/c1-13(2)17(20-26-18(28-30-20)15-7-9-22-10-8-15)25-19(29)16-5-3-14(4-6-16)11-31-21-23-12-24-27-21/h3-10,12-13,17H,11H2,1-2H3,(H,25,29)(H,23,24,27). The molecule has 0 saturated carbocycles. The van der Waals surface area contributed by atoms with Crippen molar-refractivity contribution in [1.82, 2.24) is 35.6 Å². The number of nitrogens with one attached hydrogen (secondary N) is 2. The maximum Gasteiger partial charge on any atom is 0.251 e. The third-order valence-electron chi connectivity index (χ3n) is 4.58. The fourth-order valence-corrected chi connectivity index (χ4v) is 3.62. The zero-order valence-corrected chi connectivity index (χ0v) is 17.8. The second-order valence-electron chi connectivity index (χ2n) is 7.16. The minimum atomic E-state index is -0.405. The molecule has 0 aliphatic heterocycles. The Labute approximate surface area is 183 Å². The Hall–Kier alpha value is -3.53. The highest BCUT2D eigenvalue weighted by molar-refractivity contribution is 7.98. The van der Waals surface area contributed by atoms with Crippen molar-refractivity contribution in [2.45, 2.75) is 30.8 Å². The van der Waals surface area contributed by atoms with Crippen molar-refractivity contribution in [2.75, 3.05) is 0 Å². The van der Waals surface area contributed by atoms with E-state index in [1.807, 2.05) is 26.0 Å². The second kappa shape index (κ2) is 9.52. The largest absolute Gasteiger partial charge is 0.340 e. The van der Waals surface area contributed by atoms with Crippen LogP contribution < -0.4 is 5.32 Å². The van der Waals surface area contributed by atoms with E-state index in [0.717, 1.165) is 22.0 Å². The van der Waals surface area contributed by atoms with Crippen molar-refractivity contribution in [3.63, 3.8) is 0 Å². The van der Waals surface area contributed by atoms with E-state index in [1.54, 1.807) is 48.4 Å². The molecule has 9 nitrogen and oxygen atoms in total. The molecule has 1 atom stereocenters. The van der Waals surface area contributed by atoms with Gasteiger partial charge in [-0.05, 0) is 35.7 Å². The van der Waals surface area contributed by atoms with Crippen LogP contribution in [0.2, 0.25) is 0 Å². The summed E-state index contributed by atoms with van der Waals surface area (Å²) in [6.45, 7) is 3.98. The number of carbonyl (C=O) groups excluding carboxylic acids is 1. The van der Waals surface area contributed by atoms with Crippen LogP contribution in [0.1, 0.15) is 41.7 Å². The second-order valence-corrected chi connectivity index (χ2v) is 8.13. The van der Waals surface area contributed by atoms with E-state index < -0.39 is 6.04 Å². The van der Waals surface area contributed by atoms with Gasteiger partial charge in [-0.25, -0.2) is 4.98 Å². The molecular formula is C21H21N7O2S. The molecule has 4 aromatic rings. The Bertz CT molecular complexity index is 1110. The third kappa shape index (κ3) is 5.15. The highest BCUT2D eigenvalue weighted by atomic mass is 32.2. The van der Waals surface area contributed by atoms with Crippen LogP contribution in [0.5, 0.6) is 0 Å². The van der Waals surface area contributed by atoms with E-state index in [9.17, 15) is 4.79 Å². The van der Waals surface area contributed by atoms with Crippen molar-refractivity contribution in [3.05, 3.63) is 72.1 Å². The van der Waals surface area contributed by atoms with Crippen molar-refractivity contribution in [1.29, 1.82) is 0 Å². The average Bonchev–Trinajstić information content (AvgIpc) is 3.49. The van der Waals surface area contributed by atoms with Gasteiger partial charge in [0.2, 0.25) is 11.7 Å². The van der Waals surface area contributed by atoms with Crippen molar-refractivity contribution in [2.24, 2.45) is 5.92 Å². The molecular weight excluding hydrogens is 414 g/mol. The molecule has 0 bridgehead atoms. The molecule has 0 radical (unpaired) electrons. The van der Waals surface area contributed by atoms with E-state index in [2.05, 4.69) is 35.6 Å². The summed E-state index contributed by atoms with van der Waals surface area (Å²) in [4.78, 5) is 25.4. The number of benzene rings is 1. The highest BCUT2D eigenvalue weighted by Crippen LogP contribution is 2.24. The Balaban J connectivity index is 1.42. The lowest BCUT2D eigenvalue weighted by Gasteiger charge is -2.18. The summed E-state index contributed by atoms with van der Waals surface area (Å²) in [5.41, 5.74) is 2.45. The number of rotatable bonds is 8. The van der Waals surface area contributed by atoms with Gasteiger partial charge in [0.25, 0.3) is 5.91 Å². The van der Waals surface area contributed by atoms with Crippen LogP contribution in [0.3, 0.4) is 0 Å². The van der Waals surface area contributed by atoms with Crippen molar-refractivity contribution in [3.8, 4) is 11.4 Å². The number of hydrogen-bond acceptors (Lipinski definition) is 8. The van der Waals surface area contributed by atoms with Crippen LogP contribution in [0.25, 0.3) is 11.4 Å². The summed E-state index contributed by atoms with van der Waals surface area (Å²) in [6, 6.07) is 10.7. The van der Waals surface area contributed by atoms with Gasteiger partial charge in [-0.2, -0.15) is 10.1 Å². The van der Waals surface area contributed by atoms with Gasteiger partial charge in [0.15, 0.2) is 5.16 Å². The first-order valence-electron chi connectivity index (χ1n) is 9.72. The summed E-state index contributed by atoms with van der Waals surface area (Å²) in [5, 5.41) is 14.5. The smallest absolute Gasteiger partial charge is 0.251 e.